The van der Waals surface area contributed by atoms with Crippen molar-refractivity contribution in [3.05, 3.63) is 53.4 Å². The molecule has 0 bridgehead atoms. The molecule has 0 aliphatic carbocycles. The normalized spacial score (nSPS) is 18.6. The zero-order valence-corrected chi connectivity index (χ0v) is 21.8. The standard InChI is InChI=1S/C25H27F2N7O2.CH2O2/c1-14(19-12-20(36-24(26)27)32-16(3)31-19)23(35)34-10-7-25(13-34)6-5-17-11-18(15(2)30-21(17)33-25)22-28-8-4-9-29-22;2-1-3/h4,8-9,11-12,14,24H,5-7,10,13H2,1-3H3,(H,30,33);1H,(H,2,3)/t14?,25-;/m0./s1. The van der Waals surface area contributed by atoms with Crippen LogP contribution in [0, 0.1) is 13.8 Å². The summed E-state index contributed by atoms with van der Waals surface area (Å²) in [5, 5.41) is 10.5. The van der Waals surface area contributed by atoms with E-state index in [1.807, 2.05) is 11.8 Å². The van der Waals surface area contributed by atoms with E-state index in [0.717, 1.165) is 41.9 Å². The molecule has 11 nitrogen and oxygen atoms in total. The van der Waals surface area contributed by atoms with Gasteiger partial charge in [0, 0.05) is 37.1 Å². The number of halogens is 2. The Morgan fingerprint density at radius 3 is 2.59 bits per heavy atom. The minimum absolute atomic E-state index is 0.110. The number of fused-ring (bicyclic) bond motifs is 1. The lowest BCUT2D eigenvalue weighted by Gasteiger charge is -2.36. The number of amides is 1. The first-order chi connectivity index (χ1) is 18.6. The number of alkyl halides is 2. The highest BCUT2D eigenvalue weighted by Gasteiger charge is 2.43. The topological polar surface area (TPSA) is 143 Å². The number of aromatic nitrogens is 5. The predicted octanol–water partition coefficient (Wildman–Crippen LogP) is 3.38. The van der Waals surface area contributed by atoms with Crippen molar-refractivity contribution in [2.24, 2.45) is 0 Å². The van der Waals surface area contributed by atoms with Gasteiger partial charge in [0.15, 0.2) is 5.82 Å². The largest absolute Gasteiger partial charge is 0.483 e. The van der Waals surface area contributed by atoms with Crippen molar-refractivity contribution in [2.45, 2.75) is 58.1 Å². The average molecular weight is 542 g/mol. The van der Waals surface area contributed by atoms with E-state index in [4.69, 9.17) is 14.9 Å². The van der Waals surface area contributed by atoms with E-state index in [-0.39, 0.29) is 29.6 Å². The lowest BCUT2D eigenvalue weighted by atomic mass is 9.86. The van der Waals surface area contributed by atoms with Gasteiger partial charge in [-0.3, -0.25) is 9.59 Å². The summed E-state index contributed by atoms with van der Waals surface area (Å²) in [4.78, 5) is 45.2. The molecule has 3 aromatic rings. The number of hydrogen-bond donors (Lipinski definition) is 2. The van der Waals surface area contributed by atoms with E-state index in [0.29, 0.717) is 24.6 Å². The van der Waals surface area contributed by atoms with Gasteiger partial charge >= 0.3 is 6.61 Å². The van der Waals surface area contributed by atoms with Gasteiger partial charge in [0.2, 0.25) is 11.8 Å². The highest BCUT2D eigenvalue weighted by atomic mass is 19.3. The predicted molar refractivity (Wildman–Crippen MR) is 136 cm³/mol. The number of nitrogens with zero attached hydrogens (tertiary/aromatic N) is 6. The van der Waals surface area contributed by atoms with Crippen LogP contribution in [0.2, 0.25) is 0 Å². The number of ether oxygens (including phenoxy) is 1. The van der Waals surface area contributed by atoms with Crippen LogP contribution in [-0.2, 0) is 16.0 Å². The van der Waals surface area contributed by atoms with Gasteiger partial charge in [-0.2, -0.15) is 13.8 Å². The molecule has 2 aliphatic heterocycles. The molecule has 0 radical (unpaired) electrons. The van der Waals surface area contributed by atoms with Gasteiger partial charge in [-0.15, -0.1) is 0 Å². The summed E-state index contributed by atoms with van der Waals surface area (Å²) in [5.74, 6) is 0.790. The molecule has 0 aromatic carbocycles. The lowest BCUT2D eigenvalue weighted by Crippen LogP contribution is -2.46. The first-order valence-electron chi connectivity index (χ1n) is 12.4. The molecule has 5 rings (SSSR count). The smallest absolute Gasteiger partial charge is 0.388 e. The number of hydrogen-bond acceptors (Lipinski definition) is 9. The molecular formula is C26H29F2N7O4. The van der Waals surface area contributed by atoms with Gasteiger partial charge in [-0.05, 0) is 57.7 Å². The second-order valence-electron chi connectivity index (χ2n) is 9.50. The Hall–Kier alpha value is -4.29. The summed E-state index contributed by atoms with van der Waals surface area (Å²) in [6.45, 7) is 3.12. The van der Waals surface area contributed by atoms with Gasteiger partial charge in [0.1, 0.15) is 11.6 Å². The molecule has 0 saturated carbocycles. The van der Waals surface area contributed by atoms with Crippen LogP contribution >= 0.6 is 0 Å². The number of pyridine rings is 1. The Morgan fingerprint density at radius 2 is 1.90 bits per heavy atom. The van der Waals surface area contributed by atoms with Crippen LogP contribution in [0.5, 0.6) is 5.88 Å². The van der Waals surface area contributed by atoms with Gasteiger partial charge in [0.05, 0.1) is 22.8 Å². The van der Waals surface area contributed by atoms with E-state index in [1.54, 1.807) is 32.3 Å². The van der Waals surface area contributed by atoms with Crippen LogP contribution < -0.4 is 10.1 Å². The molecule has 1 fully saturated rings. The van der Waals surface area contributed by atoms with Crippen molar-refractivity contribution in [1.29, 1.82) is 0 Å². The maximum Gasteiger partial charge on any atom is 0.388 e. The lowest BCUT2D eigenvalue weighted by molar-refractivity contribution is -0.131. The number of likely N-dealkylation sites (tertiary alicyclic amines) is 1. The fourth-order valence-electron chi connectivity index (χ4n) is 5.00. The molecule has 2 aliphatic rings. The summed E-state index contributed by atoms with van der Waals surface area (Å²) in [6, 6.07) is 5.19. The van der Waals surface area contributed by atoms with Crippen LogP contribution in [-0.4, -0.2) is 72.5 Å². The number of carbonyl (C=O) groups is 2. The summed E-state index contributed by atoms with van der Waals surface area (Å²) < 4.78 is 29.7. The van der Waals surface area contributed by atoms with Crippen LogP contribution in [0.15, 0.2) is 30.6 Å². The Morgan fingerprint density at radius 1 is 1.18 bits per heavy atom. The van der Waals surface area contributed by atoms with E-state index in [9.17, 15) is 13.6 Å². The molecule has 1 spiro atoms. The summed E-state index contributed by atoms with van der Waals surface area (Å²) in [6.07, 6.45) is 5.91. The number of nitrogens with one attached hydrogen (secondary N) is 1. The van der Waals surface area contributed by atoms with Gasteiger partial charge in [-0.25, -0.2) is 19.9 Å². The third-order valence-corrected chi connectivity index (χ3v) is 6.88. The summed E-state index contributed by atoms with van der Waals surface area (Å²) in [7, 11) is 0. The minimum Gasteiger partial charge on any atom is -0.483 e. The molecule has 13 heteroatoms. The van der Waals surface area contributed by atoms with Crippen molar-refractivity contribution in [3.8, 4) is 17.3 Å². The Bertz CT molecular complexity index is 1350. The van der Waals surface area contributed by atoms with Crippen LogP contribution in [0.25, 0.3) is 11.4 Å². The maximum atomic E-state index is 13.3. The quantitative estimate of drug-likeness (QED) is 0.461. The van der Waals surface area contributed by atoms with Crippen molar-refractivity contribution < 1.29 is 28.2 Å². The van der Waals surface area contributed by atoms with E-state index < -0.39 is 12.5 Å². The number of carboxylic acid groups (broad SMARTS) is 1. The van der Waals surface area contributed by atoms with Crippen LogP contribution in [0.1, 0.15) is 48.5 Å². The Balaban J connectivity index is 0.00000112. The van der Waals surface area contributed by atoms with E-state index in [2.05, 4.69) is 36.1 Å². The van der Waals surface area contributed by atoms with E-state index >= 15 is 0 Å². The fourth-order valence-corrected chi connectivity index (χ4v) is 5.00. The molecule has 2 N–H and O–H groups in total. The van der Waals surface area contributed by atoms with Crippen molar-refractivity contribution >= 4 is 18.2 Å². The van der Waals surface area contributed by atoms with E-state index in [1.165, 1.54) is 6.07 Å². The SMILES string of the molecule is Cc1nc(OC(F)F)cc(C(C)C(=O)N2CC[C@@]3(CCc4cc(-c5ncccn5)c(C)nc4N3)C2)n1.O=CO. The average Bonchev–Trinajstić information content (AvgIpc) is 3.30. The highest BCUT2D eigenvalue weighted by Crippen LogP contribution is 2.38. The third kappa shape index (κ3) is 6.24. The van der Waals surface area contributed by atoms with Gasteiger partial charge < -0.3 is 20.1 Å². The molecule has 5 heterocycles. The molecule has 1 unspecified atom stereocenters. The van der Waals surface area contributed by atoms with Gasteiger partial charge in [-0.1, -0.05) is 0 Å². The zero-order valence-electron chi connectivity index (χ0n) is 21.8. The maximum absolute atomic E-state index is 13.3. The van der Waals surface area contributed by atoms with Crippen LogP contribution in [0.4, 0.5) is 14.6 Å². The fraction of sp³-hybridized carbons (Fsp3) is 0.423. The second kappa shape index (κ2) is 11.6. The number of rotatable bonds is 5. The molecule has 3 aromatic heterocycles. The molecule has 1 saturated heterocycles. The third-order valence-electron chi connectivity index (χ3n) is 6.88. The zero-order chi connectivity index (χ0) is 28.2. The number of aryl methyl sites for hydroxylation is 3. The van der Waals surface area contributed by atoms with Crippen LogP contribution in [0.3, 0.4) is 0 Å². The first kappa shape index (κ1) is 27.7. The number of carbonyl (C=O) groups excluding carboxylic acids is 1. The molecule has 1 amide bonds. The molecular weight excluding hydrogens is 512 g/mol. The van der Waals surface area contributed by atoms with Crippen molar-refractivity contribution in [1.82, 2.24) is 29.8 Å². The van der Waals surface area contributed by atoms with Gasteiger partial charge in [0.25, 0.3) is 6.47 Å². The Labute approximate surface area is 223 Å². The first-order valence-corrected chi connectivity index (χ1v) is 12.4. The van der Waals surface area contributed by atoms with Crippen molar-refractivity contribution in [2.75, 3.05) is 18.4 Å². The highest BCUT2D eigenvalue weighted by molar-refractivity contribution is 5.83. The molecule has 2 atom stereocenters. The van der Waals surface area contributed by atoms with Crippen molar-refractivity contribution in [3.63, 3.8) is 0 Å². The molecule has 39 heavy (non-hydrogen) atoms. The molecule has 206 valence electrons. The number of anilines is 1. The summed E-state index contributed by atoms with van der Waals surface area (Å²) in [5.41, 5.74) is 2.95. The second-order valence-corrected chi connectivity index (χ2v) is 9.50. The summed E-state index contributed by atoms with van der Waals surface area (Å²) >= 11 is 0. The Kier molecular flexibility index (Phi) is 8.27. The minimum atomic E-state index is -3.00. The monoisotopic (exact) mass is 541 g/mol.